The predicted octanol–water partition coefficient (Wildman–Crippen LogP) is 0.720. The van der Waals surface area contributed by atoms with Crippen LogP contribution in [0.1, 0.15) is 30.4 Å². The number of hydrogen-bond acceptors (Lipinski definition) is 4. The zero-order valence-electron chi connectivity index (χ0n) is 11.6. The van der Waals surface area contributed by atoms with Crippen molar-refractivity contribution >= 4 is 5.97 Å². The maximum atomic E-state index is 11.3. The summed E-state index contributed by atoms with van der Waals surface area (Å²) in [6, 6.07) is -0.427. The Balaban J connectivity index is 1.64. The molecule has 3 heterocycles. The summed E-state index contributed by atoms with van der Waals surface area (Å²) in [7, 11) is 0. The average Bonchev–Trinajstić information content (AvgIpc) is 2.88. The third-order valence-corrected chi connectivity index (χ3v) is 4.15. The first kappa shape index (κ1) is 13.6. The highest BCUT2D eigenvalue weighted by atomic mass is 16.5. The average molecular weight is 279 g/mol. The number of carboxylic acids is 1. The van der Waals surface area contributed by atoms with Gasteiger partial charge >= 0.3 is 5.97 Å². The second kappa shape index (κ2) is 5.93. The smallest absolute Gasteiger partial charge is 0.326 e. The van der Waals surface area contributed by atoms with E-state index in [1.807, 2.05) is 10.8 Å². The van der Waals surface area contributed by atoms with Crippen LogP contribution in [-0.4, -0.2) is 58.4 Å². The molecule has 6 nitrogen and oxygen atoms in total. The number of carbonyl (C=O) groups is 1. The molecule has 0 spiro atoms. The van der Waals surface area contributed by atoms with Crippen LogP contribution >= 0.6 is 0 Å². The maximum absolute atomic E-state index is 11.3. The van der Waals surface area contributed by atoms with E-state index < -0.39 is 12.0 Å². The number of morpholine rings is 1. The number of aryl methyl sites for hydroxylation is 1. The van der Waals surface area contributed by atoms with Crippen molar-refractivity contribution in [2.45, 2.75) is 31.7 Å². The molecule has 2 aliphatic rings. The molecule has 1 aromatic heterocycles. The zero-order chi connectivity index (χ0) is 13.9. The van der Waals surface area contributed by atoms with Crippen LogP contribution in [0, 0.1) is 0 Å². The molecular formula is C14H21N3O3. The summed E-state index contributed by atoms with van der Waals surface area (Å²) in [6.07, 6.45) is 5.33. The van der Waals surface area contributed by atoms with Gasteiger partial charge in [0.05, 0.1) is 18.9 Å². The van der Waals surface area contributed by atoms with Crippen molar-refractivity contribution in [3.05, 3.63) is 17.7 Å². The van der Waals surface area contributed by atoms with Gasteiger partial charge in [0.1, 0.15) is 11.9 Å². The van der Waals surface area contributed by atoms with Gasteiger partial charge in [0.25, 0.3) is 0 Å². The van der Waals surface area contributed by atoms with E-state index in [4.69, 9.17) is 4.74 Å². The number of nitrogens with zero attached hydrogens (tertiary/aromatic N) is 3. The van der Waals surface area contributed by atoms with Crippen LogP contribution in [0.2, 0.25) is 0 Å². The normalized spacial score (nSPS) is 23.5. The summed E-state index contributed by atoms with van der Waals surface area (Å²) >= 11 is 0. The van der Waals surface area contributed by atoms with E-state index in [1.165, 1.54) is 0 Å². The molecule has 1 N–H and O–H groups in total. The van der Waals surface area contributed by atoms with Crippen molar-refractivity contribution in [1.29, 1.82) is 0 Å². The van der Waals surface area contributed by atoms with Crippen molar-refractivity contribution < 1.29 is 14.6 Å². The standard InChI is InChI=1S/C14H21N3O3/c18-14(19)12-2-1-3-13-15-11(10-17(12)13)4-5-16-6-8-20-9-7-16/h10,12H,1-9H2,(H,18,19). The molecule has 20 heavy (non-hydrogen) atoms. The number of fused-ring (bicyclic) bond motifs is 1. The molecule has 110 valence electrons. The van der Waals surface area contributed by atoms with Crippen LogP contribution in [-0.2, 0) is 22.4 Å². The lowest BCUT2D eigenvalue weighted by Crippen LogP contribution is -2.37. The van der Waals surface area contributed by atoms with Gasteiger partial charge in [0, 0.05) is 38.7 Å². The largest absolute Gasteiger partial charge is 0.480 e. The number of carboxylic acid groups (broad SMARTS) is 1. The highest BCUT2D eigenvalue weighted by molar-refractivity contribution is 5.72. The molecule has 0 radical (unpaired) electrons. The van der Waals surface area contributed by atoms with Crippen LogP contribution in [0.5, 0.6) is 0 Å². The van der Waals surface area contributed by atoms with Crippen LogP contribution in [0.4, 0.5) is 0 Å². The fourth-order valence-corrected chi connectivity index (χ4v) is 3.00. The van der Waals surface area contributed by atoms with Crippen LogP contribution < -0.4 is 0 Å². The van der Waals surface area contributed by atoms with Gasteiger partial charge in [-0.1, -0.05) is 0 Å². The highest BCUT2D eigenvalue weighted by Gasteiger charge is 2.26. The third-order valence-electron chi connectivity index (χ3n) is 4.15. The van der Waals surface area contributed by atoms with Crippen LogP contribution in [0.3, 0.4) is 0 Å². The summed E-state index contributed by atoms with van der Waals surface area (Å²) in [4.78, 5) is 18.2. The van der Waals surface area contributed by atoms with Gasteiger partial charge < -0.3 is 14.4 Å². The van der Waals surface area contributed by atoms with Crippen LogP contribution in [0.25, 0.3) is 0 Å². The molecule has 1 saturated heterocycles. The molecule has 0 aromatic carbocycles. The summed E-state index contributed by atoms with van der Waals surface area (Å²) in [6.45, 7) is 4.54. The SMILES string of the molecule is O=C(O)C1CCCc2nc(CCN3CCOCC3)cn21. The lowest BCUT2D eigenvalue weighted by atomic mass is 10.1. The summed E-state index contributed by atoms with van der Waals surface area (Å²) in [5, 5.41) is 9.26. The summed E-state index contributed by atoms with van der Waals surface area (Å²) in [5.41, 5.74) is 1.01. The Hall–Kier alpha value is -1.40. The number of rotatable bonds is 4. The van der Waals surface area contributed by atoms with Gasteiger partial charge in [0.2, 0.25) is 0 Å². The monoisotopic (exact) mass is 279 g/mol. The number of hydrogen-bond donors (Lipinski definition) is 1. The lowest BCUT2D eigenvalue weighted by molar-refractivity contribution is -0.141. The first-order chi connectivity index (χ1) is 9.74. The molecule has 1 atom stereocenters. The van der Waals surface area contributed by atoms with Gasteiger partial charge in [-0.05, 0) is 12.8 Å². The quantitative estimate of drug-likeness (QED) is 0.879. The van der Waals surface area contributed by atoms with E-state index in [0.29, 0.717) is 6.42 Å². The molecule has 0 aliphatic carbocycles. The third kappa shape index (κ3) is 2.86. The molecule has 3 rings (SSSR count). The molecule has 0 saturated carbocycles. The predicted molar refractivity (Wildman–Crippen MR) is 72.8 cm³/mol. The molecule has 0 bridgehead atoms. The highest BCUT2D eigenvalue weighted by Crippen LogP contribution is 2.25. The first-order valence-corrected chi connectivity index (χ1v) is 7.33. The molecule has 0 amide bonds. The Bertz CT molecular complexity index is 480. The Labute approximate surface area is 118 Å². The van der Waals surface area contributed by atoms with E-state index in [9.17, 15) is 9.90 Å². The Morgan fingerprint density at radius 3 is 3.00 bits per heavy atom. The Morgan fingerprint density at radius 1 is 1.45 bits per heavy atom. The number of aliphatic carboxylic acids is 1. The van der Waals surface area contributed by atoms with E-state index in [1.54, 1.807) is 0 Å². The number of ether oxygens (including phenoxy) is 1. The van der Waals surface area contributed by atoms with Crippen molar-refractivity contribution in [3.8, 4) is 0 Å². The minimum absolute atomic E-state index is 0.427. The van der Waals surface area contributed by atoms with Crippen LogP contribution in [0.15, 0.2) is 6.20 Å². The first-order valence-electron chi connectivity index (χ1n) is 7.33. The second-order valence-corrected chi connectivity index (χ2v) is 5.51. The van der Waals surface area contributed by atoms with Crippen molar-refractivity contribution in [1.82, 2.24) is 14.5 Å². The van der Waals surface area contributed by atoms with Crippen molar-refractivity contribution in [2.24, 2.45) is 0 Å². The number of aromatic nitrogens is 2. The van der Waals surface area contributed by atoms with E-state index in [2.05, 4.69) is 9.88 Å². The topological polar surface area (TPSA) is 67.6 Å². The van der Waals surface area contributed by atoms with E-state index >= 15 is 0 Å². The van der Waals surface area contributed by atoms with E-state index in [-0.39, 0.29) is 0 Å². The maximum Gasteiger partial charge on any atom is 0.326 e. The van der Waals surface area contributed by atoms with Gasteiger partial charge in [-0.25, -0.2) is 9.78 Å². The molecule has 1 aromatic rings. The van der Waals surface area contributed by atoms with Gasteiger partial charge in [-0.3, -0.25) is 4.90 Å². The number of imidazole rings is 1. The molecule has 1 fully saturated rings. The Morgan fingerprint density at radius 2 is 2.25 bits per heavy atom. The Kier molecular flexibility index (Phi) is 4.03. The molecule has 2 aliphatic heterocycles. The minimum atomic E-state index is -0.747. The fraction of sp³-hybridized carbons (Fsp3) is 0.714. The van der Waals surface area contributed by atoms with Gasteiger partial charge in [-0.15, -0.1) is 0 Å². The second-order valence-electron chi connectivity index (χ2n) is 5.51. The molecule has 1 unspecified atom stereocenters. The van der Waals surface area contributed by atoms with Gasteiger partial charge in [-0.2, -0.15) is 0 Å². The summed E-state index contributed by atoms with van der Waals surface area (Å²) in [5.74, 6) is 0.184. The van der Waals surface area contributed by atoms with Gasteiger partial charge in [0.15, 0.2) is 0 Å². The molecular weight excluding hydrogens is 258 g/mol. The van der Waals surface area contributed by atoms with Crippen molar-refractivity contribution in [2.75, 3.05) is 32.8 Å². The van der Waals surface area contributed by atoms with Crippen molar-refractivity contribution in [3.63, 3.8) is 0 Å². The van der Waals surface area contributed by atoms with E-state index in [0.717, 1.165) is 63.6 Å². The zero-order valence-corrected chi connectivity index (χ0v) is 11.6. The minimum Gasteiger partial charge on any atom is -0.480 e. The fourth-order valence-electron chi connectivity index (χ4n) is 3.00. The summed E-state index contributed by atoms with van der Waals surface area (Å²) < 4.78 is 7.19. The molecule has 6 heteroatoms. The lowest BCUT2D eigenvalue weighted by Gasteiger charge is -2.26.